The lowest BCUT2D eigenvalue weighted by Crippen LogP contribution is -2.30. The lowest BCUT2D eigenvalue weighted by molar-refractivity contribution is 0.0874. The van der Waals surface area contributed by atoms with Crippen LogP contribution in [0.5, 0.6) is 0 Å². The maximum atomic E-state index is 9.12. The molecule has 0 saturated carbocycles. The Morgan fingerprint density at radius 1 is 1.39 bits per heavy atom. The van der Waals surface area contributed by atoms with Crippen molar-refractivity contribution in [3.05, 3.63) is 18.0 Å². The normalized spacial score (nSPS) is 17.9. The van der Waals surface area contributed by atoms with E-state index in [0.29, 0.717) is 29.6 Å². The van der Waals surface area contributed by atoms with Gasteiger partial charge in [-0.1, -0.05) is 0 Å². The average molecular weight is 312 g/mol. The van der Waals surface area contributed by atoms with Crippen LogP contribution in [0.1, 0.15) is 32.4 Å². The number of rotatable bonds is 4. The number of fused-ring (bicyclic) bond motifs is 1. The van der Waals surface area contributed by atoms with Crippen molar-refractivity contribution >= 4 is 22.7 Å². The summed E-state index contributed by atoms with van der Waals surface area (Å²) in [6.45, 7) is 5.53. The summed E-state index contributed by atoms with van der Waals surface area (Å²) >= 11 is 0. The smallest absolute Gasteiger partial charge is 0.223 e. The van der Waals surface area contributed by atoms with Gasteiger partial charge in [0, 0.05) is 24.2 Å². The molecule has 0 spiro atoms. The molecule has 1 aliphatic heterocycles. The predicted molar refractivity (Wildman–Crippen MR) is 88.3 cm³/mol. The summed E-state index contributed by atoms with van der Waals surface area (Å²) in [6, 6.07) is 4.20. The molecule has 2 aromatic rings. The largest absolute Gasteiger partial charge is 0.379 e. The van der Waals surface area contributed by atoms with Crippen molar-refractivity contribution in [3.8, 4) is 6.07 Å². The molecule has 0 aliphatic carbocycles. The Morgan fingerprint density at radius 3 is 2.96 bits per heavy atom. The molecule has 0 bridgehead atoms. The van der Waals surface area contributed by atoms with Crippen molar-refractivity contribution in [3.63, 3.8) is 0 Å². The lowest BCUT2D eigenvalue weighted by Gasteiger charge is -2.23. The number of pyridine rings is 1. The van der Waals surface area contributed by atoms with Gasteiger partial charge in [-0.15, -0.1) is 0 Å². The third kappa shape index (κ3) is 3.66. The molecule has 0 unspecified atom stereocenters. The van der Waals surface area contributed by atoms with Gasteiger partial charge in [0.05, 0.1) is 12.6 Å². The molecule has 0 radical (unpaired) electrons. The monoisotopic (exact) mass is 312 g/mol. The average Bonchev–Trinajstić information content (AvgIpc) is 2.55. The molecular formula is C16H20N6O. The van der Waals surface area contributed by atoms with Gasteiger partial charge >= 0.3 is 0 Å². The van der Waals surface area contributed by atoms with Crippen LogP contribution < -0.4 is 10.6 Å². The molecule has 0 amide bonds. The van der Waals surface area contributed by atoms with E-state index in [2.05, 4.69) is 31.7 Å². The van der Waals surface area contributed by atoms with E-state index in [1.165, 1.54) is 0 Å². The molecule has 2 aromatic heterocycles. The van der Waals surface area contributed by atoms with Gasteiger partial charge in [-0.2, -0.15) is 5.26 Å². The van der Waals surface area contributed by atoms with Crippen molar-refractivity contribution in [2.75, 3.05) is 23.8 Å². The Balaban J connectivity index is 1.94. The van der Waals surface area contributed by atoms with E-state index < -0.39 is 0 Å². The number of ether oxygens (including phenoxy) is 1. The Kier molecular flexibility index (Phi) is 4.53. The highest BCUT2D eigenvalue weighted by atomic mass is 16.5. The molecule has 7 nitrogen and oxygen atoms in total. The Hall–Kier alpha value is -2.46. The second-order valence-corrected chi connectivity index (χ2v) is 5.96. The summed E-state index contributed by atoms with van der Waals surface area (Å²) in [7, 11) is 0. The number of anilines is 2. The van der Waals surface area contributed by atoms with Gasteiger partial charge in [0.1, 0.15) is 17.3 Å². The summed E-state index contributed by atoms with van der Waals surface area (Å²) in [5, 5.41) is 16.5. The Labute approximate surface area is 135 Å². The zero-order valence-electron chi connectivity index (χ0n) is 13.3. The number of nitrogens with one attached hydrogen (secondary N) is 2. The van der Waals surface area contributed by atoms with E-state index in [4.69, 9.17) is 10.00 Å². The van der Waals surface area contributed by atoms with Crippen LogP contribution in [0.4, 0.5) is 11.8 Å². The van der Waals surface area contributed by atoms with Gasteiger partial charge in [0.15, 0.2) is 5.82 Å². The molecule has 2 N–H and O–H groups in total. The molecule has 120 valence electrons. The second kappa shape index (κ2) is 6.75. The van der Waals surface area contributed by atoms with Gasteiger partial charge in [0.2, 0.25) is 5.95 Å². The van der Waals surface area contributed by atoms with Crippen molar-refractivity contribution < 1.29 is 4.74 Å². The first-order valence-electron chi connectivity index (χ1n) is 7.84. The molecule has 7 heteroatoms. The SMILES string of the molecule is CC(C)Nc1nc(C#N)cc2cnc(N[C@@H]3CCCOC3)nc12. The Morgan fingerprint density at radius 2 is 2.26 bits per heavy atom. The van der Waals surface area contributed by atoms with Crippen molar-refractivity contribution in [1.82, 2.24) is 15.0 Å². The molecule has 1 fully saturated rings. The summed E-state index contributed by atoms with van der Waals surface area (Å²) in [5.41, 5.74) is 1.07. The quantitative estimate of drug-likeness (QED) is 0.894. The topological polar surface area (TPSA) is 95.8 Å². The summed E-state index contributed by atoms with van der Waals surface area (Å²) < 4.78 is 5.47. The van der Waals surface area contributed by atoms with Gasteiger partial charge < -0.3 is 15.4 Å². The van der Waals surface area contributed by atoms with Crippen molar-refractivity contribution in [1.29, 1.82) is 5.26 Å². The van der Waals surface area contributed by atoms with Crippen LogP contribution in [-0.4, -0.2) is 40.2 Å². The number of nitriles is 1. The van der Waals surface area contributed by atoms with Crippen LogP contribution in [0.2, 0.25) is 0 Å². The van der Waals surface area contributed by atoms with Gasteiger partial charge in [-0.25, -0.2) is 15.0 Å². The first-order chi connectivity index (χ1) is 11.2. The standard InChI is InChI=1S/C16H20N6O/c1-10(2)19-15-14-11(6-13(7-17)20-15)8-18-16(22-14)21-12-4-3-5-23-9-12/h6,8,10,12H,3-5,9H2,1-2H3,(H,19,20)(H,18,21,22)/t12-/m1/s1. The third-order valence-corrected chi connectivity index (χ3v) is 3.60. The highest BCUT2D eigenvalue weighted by molar-refractivity contribution is 5.89. The van der Waals surface area contributed by atoms with E-state index in [1.54, 1.807) is 12.3 Å². The number of nitrogens with zero attached hydrogens (tertiary/aromatic N) is 4. The second-order valence-electron chi connectivity index (χ2n) is 5.96. The molecular weight excluding hydrogens is 292 g/mol. The van der Waals surface area contributed by atoms with Crippen molar-refractivity contribution in [2.45, 2.75) is 38.8 Å². The maximum Gasteiger partial charge on any atom is 0.223 e. The van der Waals surface area contributed by atoms with Gasteiger partial charge in [-0.3, -0.25) is 0 Å². The highest BCUT2D eigenvalue weighted by Gasteiger charge is 2.16. The number of hydrogen-bond acceptors (Lipinski definition) is 7. The fourth-order valence-electron chi connectivity index (χ4n) is 2.58. The molecule has 1 atom stereocenters. The van der Waals surface area contributed by atoms with Gasteiger partial charge in [-0.05, 0) is 32.8 Å². The summed E-state index contributed by atoms with van der Waals surface area (Å²) in [5.74, 6) is 1.17. The molecule has 0 aromatic carbocycles. The molecule has 1 aliphatic rings. The molecule has 1 saturated heterocycles. The summed E-state index contributed by atoms with van der Waals surface area (Å²) in [6.07, 6.45) is 3.81. The zero-order chi connectivity index (χ0) is 16.2. The van der Waals surface area contributed by atoms with Gasteiger partial charge in [0.25, 0.3) is 0 Å². The maximum absolute atomic E-state index is 9.12. The van der Waals surface area contributed by atoms with E-state index in [9.17, 15) is 0 Å². The van der Waals surface area contributed by atoms with E-state index in [0.717, 1.165) is 24.8 Å². The van der Waals surface area contributed by atoms with E-state index >= 15 is 0 Å². The summed E-state index contributed by atoms with van der Waals surface area (Å²) in [4.78, 5) is 13.3. The minimum atomic E-state index is 0.192. The zero-order valence-corrected chi connectivity index (χ0v) is 13.3. The van der Waals surface area contributed by atoms with Crippen LogP contribution in [0.15, 0.2) is 12.3 Å². The molecule has 23 heavy (non-hydrogen) atoms. The Bertz CT molecular complexity index is 733. The first kappa shape index (κ1) is 15.4. The first-order valence-corrected chi connectivity index (χ1v) is 7.84. The minimum absolute atomic E-state index is 0.192. The van der Waals surface area contributed by atoms with Crippen LogP contribution in [0.3, 0.4) is 0 Å². The molecule has 3 heterocycles. The van der Waals surface area contributed by atoms with Crippen molar-refractivity contribution in [2.24, 2.45) is 0 Å². The predicted octanol–water partition coefficient (Wildman–Crippen LogP) is 2.31. The highest BCUT2D eigenvalue weighted by Crippen LogP contribution is 2.22. The minimum Gasteiger partial charge on any atom is -0.379 e. The van der Waals surface area contributed by atoms with E-state index in [1.807, 2.05) is 13.8 Å². The van der Waals surface area contributed by atoms with E-state index in [-0.39, 0.29) is 12.1 Å². The molecule has 3 rings (SSSR count). The lowest BCUT2D eigenvalue weighted by atomic mass is 10.1. The number of aromatic nitrogens is 3. The van der Waals surface area contributed by atoms with Crippen LogP contribution in [0.25, 0.3) is 10.9 Å². The van der Waals surface area contributed by atoms with Crippen LogP contribution in [0, 0.1) is 11.3 Å². The fourth-order valence-corrected chi connectivity index (χ4v) is 2.58. The third-order valence-electron chi connectivity index (χ3n) is 3.60. The fraction of sp³-hybridized carbons (Fsp3) is 0.500. The van der Waals surface area contributed by atoms with Crippen LogP contribution >= 0.6 is 0 Å². The van der Waals surface area contributed by atoms with Crippen LogP contribution in [-0.2, 0) is 4.74 Å². The number of hydrogen-bond donors (Lipinski definition) is 2.